The Morgan fingerprint density at radius 1 is 1.18 bits per heavy atom. The lowest BCUT2D eigenvalue weighted by molar-refractivity contribution is -0.118. The Bertz CT molecular complexity index is 1400. The summed E-state index contributed by atoms with van der Waals surface area (Å²) in [6.45, 7) is 7.47. The Kier molecular flexibility index (Phi) is 9.58. The predicted molar refractivity (Wildman–Crippen MR) is 148 cm³/mol. The van der Waals surface area contributed by atoms with Crippen LogP contribution in [0.15, 0.2) is 47.3 Å². The zero-order valence-electron chi connectivity index (χ0n) is 22.9. The molecule has 0 fully saturated rings. The highest BCUT2D eigenvalue weighted by Crippen LogP contribution is 2.28. The molecule has 1 heterocycles. The third-order valence-corrected chi connectivity index (χ3v) is 6.54. The van der Waals surface area contributed by atoms with Crippen molar-refractivity contribution in [2.24, 2.45) is 12.5 Å². The fourth-order valence-corrected chi connectivity index (χ4v) is 4.42. The number of rotatable bonds is 11. The van der Waals surface area contributed by atoms with E-state index < -0.39 is 34.7 Å². The largest absolute Gasteiger partial charge is 0.493 e. The maximum atomic E-state index is 13.9. The summed E-state index contributed by atoms with van der Waals surface area (Å²) < 4.78 is 27.9. The van der Waals surface area contributed by atoms with Crippen molar-refractivity contribution in [3.05, 3.63) is 74.9 Å². The minimum absolute atomic E-state index is 0.00372. The first kappa shape index (κ1) is 29.9. The van der Waals surface area contributed by atoms with Crippen LogP contribution in [-0.2, 0) is 16.6 Å². The van der Waals surface area contributed by atoms with E-state index in [1.54, 1.807) is 51.6 Å². The molecule has 0 saturated heterocycles. The standard InChI is InChI=1S/C28H34ClFN4O5/c1-7-39-22-14-21(30)20(29)13-19(22)26(36)31-16-28(3,4)15-23(35)32-24-25(17(2)38-6)33(5)34(27(24)37)18-11-9-8-10-12-18/h8-14,17H,7,15-16H2,1-6H3,(H,31,36)(H,32,35). The third-order valence-electron chi connectivity index (χ3n) is 6.25. The number of anilines is 1. The molecule has 3 rings (SSSR count). The first-order chi connectivity index (χ1) is 18.4. The molecular formula is C28H34ClFN4O5. The van der Waals surface area contributed by atoms with Gasteiger partial charge < -0.3 is 20.1 Å². The highest BCUT2D eigenvalue weighted by molar-refractivity contribution is 6.31. The van der Waals surface area contributed by atoms with Crippen molar-refractivity contribution in [2.75, 3.05) is 25.6 Å². The molecule has 2 N–H and O–H groups in total. The molecule has 1 unspecified atom stereocenters. The van der Waals surface area contributed by atoms with Crippen molar-refractivity contribution in [1.29, 1.82) is 0 Å². The van der Waals surface area contributed by atoms with Crippen molar-refractivity contribution in [2.45, 2.75) is 40.2 Å². The van der Waals surface area contributed by atoms with E-state index in [4.69, 9.17) is 21.1 Å². The molecular weight excluding hydrogens is 527 g/mol. The lowest BCUT2D eigenvalue weighted by Crippen LogP contribution is -2.37. The molecule has 2 amide bonds. The van der Waals surface area contributed by atoms with Gasteiger partial charge in [0, 0.05) is 33.2 Å². The molecule has 0 aliphatic rings. The fourth-order valence-electron chi connectivity index (χ4n) is 4.25. The normalized spacial score (nSPS) is 12.2. The van der Waals surface area contributed by atoms with Gasteiger partial charge in [-0.05, 0) is 37.5 Å². The molecule has 1 atom stereocenters. The highest BCUT2D eigenvalue weighted by Gasteiger charge is 2.28. The van der Waals surface area contributed by atoms with Gasteiger partial charge in [-0.3, -0.25) is 19.1 Å². The van der Waals surface area contributed by atoms with Gasteiger partial charge in [-0.1, -0.05) is 43.6 Å². The molecule has 210 valence electrons. The number of hydrogen-bond donors (Lipinski definition) is 2. The van der Waals surface area contributed by atoms with Crippen LogP contribution in [0.3, 0.4) is 0 Å². The number of para-hydroxylation sites is 1. The SMILES string of the molecule is CCOc1cc(F)c(Cl)cc1C(=O)NCC(C)(C)CC(=O)Nc1c(C(C)OC)n(C)n(-c2ccccc2)c1=O. The molecule has 0 spiro atoms. The van der Waals surface area contributed by atoms with Crippen LogP contribution in [0.1, 0.15) is 56.3 Å². The van der Waals surface area contributed by atoms with Crippen LogP contribution in [0, 0.1) is 11.2 Å². The maximum absolute atomic E-state index is 13.9. The van der Waals surface area contributed by atoms with Gasteiger partial charge in [0.2, 0.25) is 5.91 Å². The van der Waals surface area contributed by atoms with Gasteiger partial charge in [-0.15, -0.1) is 0 Å². The molecule has 2 aromatic carbocycles. The lowest BCUT2D eigenvalue weighted by atomic mass is 9.88. The van der Waals surface area contributed by atoms with E-state index in [9.17, 15) is 18.8 Å². The van der Waals surface area contributed by atoms with E-state index in [0.717, 1.165) is 6.07 Å². The zero-order chi connectivity index (χ0) is 28.9. The van der Waals surface area contributed by atoms with E-state index in [1.807, 2.05) is 18.2 Å². The van der Waals surface area contributed by atoms with Gasteiger partial charge in [-0.2, -0.15) is 0 Å². The Morgan fingerprint density at radius 3 is 2.46 bits per heavy atom. The molecule has 0 radical (unpaired) electrons. The number of amides is 2. The minimum atomic E-state index is -0.699. The van der Waals surface area contributed by atoms with Crippen molar-refractivity contribution < 1.29 is 23.5 Å². The van der Waals surface area contributed by atoms with Crippen molar-refractivity contribution in [3.8, 4) is 11.4 Å². The second-order valence-corrected chi connectivity index (χ2v) is 10.3. The van der Waals surface area contributed by atoms with Crippen LogP contribution in [0.5, 0.6) is 5.75 Å². The Morgan fingerprint density at radius 2 is 1.85 bits per heavy atom. The topological polar surface area (TPSA) is 104 Å². The average molecular weight is 561 g/mol. The maximum Gasteiger partial charge on any atom is 0.295 e. The summed E-state index contributed by atoms with van der Waals surface area (Å²) in [6.07, 6.45) is -0.478. The quantitative estimate of drug-likeness (QED) is 0.349. The van der Waals surface area contributed by atoms with E-state index in [2.05, 4.69) is 10.6 Å². The summed E-state index contributed by atoms with van der Waals surface area (Å²) in [5.41, 5.74) is 0.289. The van der Waals surface area contributed by atoms with Gasteiger partial charge in [-0.25, -0.2) is 9.07 Å². The van der Waals surface area contributed by atoms with Crippen LogP contribution >= 0.6 is 11.6 Å². The highest BCUT2D eigenvalue weighted by atomic mass is 35.5. The number of nitrogens with one attached hydrogen (secondary N) is 2. The van der Waals surface area contributed by atoms with E-state index in [1.165, 1.54) is 17.9 Å². The molecule has 0 aliphatic carbocycles. The van der Waals surface area contributed by atoms with Crippen molar-refractivity contribution in [3.63, 3.8) is 0 Å². The Labute approximate surface area is 231 Å². The van der Waals surface area contributed by atoms with Gasteiger partial charge in [0.1, 0.15) is 17.3 Å². The number of carbonyl (C=O) groups excluding carboxylic acids is 2. The van der Waals surface area contributed by atoms with E-state index >= 15 is 0 Å². The number of ether oxygens (including phenoxy) is 2. The number of methoxy groups -OCH3 is 1. The summed E-state index contributed by atoms with van der Waals surface area (Å²) in [5.74, 6) is -1.53. The molecule has 0 bridgehead atoms. The summed E-state index contributed by atoms with van der Waals surface area (Å²) in [6, 6.07) is 11.4. The first-order valence-corrected chi connectivity index (χ1v) is 12.9. The van der Waals surface area contributed by atoms with Gasteiger partial charge in [0.05, 0.1) is 34.7 Å². The number of hydrogen-bond acceptors (Lipinski definition) is 5. The predicted octanol–water partition coefficient (Wildman–Crippen LogP) is 4.86. The number of halogens is 2. The van der Waals surface area contributed by atoms with Crippen molar-refractivity contribution >= 4 is 29.1 Å². The first-order valence-electron chi connectivity index (χ1n) is 12.5. The van der Waals surface area contributed by atoms with Crippen LogP contribution in [0.25, 0.3) is 5.69 Å². The number of carbonyl (C=O) groups is 2. The molecule has 3 aromatic rings. The molecule has 39 heavy (non-hydrogen) atoms. The summed E-state index contributed by atoms with van der Waals surface area (Å²) in [5, 5.41) is 5.34. The van der Waals surface area contributed by atoms with Gasteiger partial charge >= 0.3 is 0 Å². The molecule has 0 aliphatic heterocycles. The van der Waals surface area contributed by atoms with Crippen LogP contribution in [-0.4, -0.2) is 41.4 Å². The average Bonchev–Trinajstić information content (AvgIpc) is 3.13. The number of aromatic nitrogens is 2. The van der Waals surface area contributed by atoms with Crippen LogP contribution in [0.4, 0.5) is 10.1 Å². The van der Waals surface area contributed by atoms with Gasteiger partial charge in [0.25, 0.3) is 11.5 Å². The van der Waals surface area contributed by atoms with Crippen molar-refractivity contribution in [1.82, 2.24) is 14.7 Å². The summed E-state index contributed by atoms with van der Waals surface area (Å²) >= 11 is 5.87. The third kappa shape index (κ3) is 6.88. The molecule has 1 aromatic heterocycles. The fraction of sp³-hybridized carbons (Fsp3) is 0.393. The molecule has 9 nitrogen and oxygen atoms in total. The van der Waals surface area contributed by atoms with Crippen LogP contribution in [0.2, 0.25) is 5.02 Å². The summed E-state index contributed by atoms with van der Waals surface area (Å²) in [4.78, 5) is 39.4. The second-order valence-electron chi connectivity index (χ2n) is 9.88. The minimum Gasteiger partial charge on any atom is -0.493 e. The number of benzene rings is 2. The van der Waals surface area contributed by atoms with Crippen LogP contribution < -0.4 is 20.9 Å². The second kappa shape index (κ2) is 12.5. The molecule has 11 heteroatoms. The van der Waals surface area contributed by atoms with E-state index in [-0.39, 0.29) is 41.6 Å². The monoisotopic (exact) mass is 560 g/mol. The molecule has 0 saturated carbocycles. The van der Waals surface area contributed by atoms with E-state index in [0.29, 0.717) is 11.4 Å². The Hall–Kier alpha value is -3.63. The lowest BCUT2D eigenvalue weighted by Gasteiger charge is -2.24. The Balaban J connectivity index is 1.78. The summed E-state index contributed by atoms with van der Waals surface area (Å²) in [7, 11) is 3.25. The smallest absolute Gasteiger partial charge is 0.295 e. The zero-order valence-corrected chi connectivity index (χ0v) is 23.7. The number of nitrogens with zero attached hydrogens (tertiary/aromatic N) is 2. The van der Waals surface area contributed by atoms with Gasteiger partial charge in [0.15, 0.2) is 0 Å².